The van der Waals surface area contributed by atoms with Gasteiger partial charge in [-0.2, -0.15) is 0 Å². The summed E-state index contributed by atoms with van der Waals surface area (Å²) in [6.45, 7) is 48.5. The Kier molecular flexibility index (Phi) is 35.5. The van der Waals surface area contributed by atoms with Gasteiger partial charge < -0.3 is 0 Å². The molecule has 0 aliphatic heterocycles. The predicted octanol–water partition coefficient (Wildman–Crippen LogP) is 29.2. The Balaban J connectivity index is 0.000000235. The third kappa shape index (κ3) is 31.1. The molecule has 0 aliphatic rings. The van der Waals surface area contributed by atoms with Crippen LogP contribution in [0.15, 0.2) is 261 Å². The molecule has 514 valence electrons. The Labute approximate surface area is 609 Å². The second kappa shape index (κ2) is 42.7. The van der Waals surface area contributed by atoms with Gasteiger partial charge in [0, 0.05) is 10.0 Å². The molecule has 13 aromatic rings. The van der Waals surface area contributed by atoms with Crippen LogP contribution in [0.4, 0.5) is 0 Å². The van der Waals surface area contributed by atoms with E-state index in [0.29, 0.717) is 0 Å². The van der Waals surface area contributed by atoms with Crippen molar-refractivity contribution in [2.75, 3.05) is 0 Å². The summed E-state index contributed by atoms with van der Waals surface area (Å²) >= 11 is 11.6. The molecule has 0 spiro atoms. The van der Waals surface area contributed by atoms with Crippen molar-refractivity contribution in [3.8, 4) is 11.1 Å². The van der Waals surface area contributed by atoms with Gasteiger partial charge in [-0.25, -0.2) is 0 Å². The van der Waals surface area contributed by atoms with Crippen LogP contribution >= 0.6 is 23.2 Å². The normalized spacial score (nSPS) is 9.87. The van der Waals surface area contributed by atoms with Gasteiger partial charge in [-0.3, -0.25) is 0 Å². The topological polar surface area (TPSA) is 0 Å². The fraction of sp³-hybridized carbons (Fsp3) is 0.237. The summed E-state index contributed by atoms with van der Waals surface area (Å²) in [7, 11) is 0. The van der Waals surface area contributed by atoms with Crippen LogP contribution in [0.1, 0.15) is 128 Å². The molecular weight excluding hydrogens is 1240 g/mol. The molecule has 2 heteroatoms. The maximum atomic E-state index is 5.81. The molecule has 0 radical (unpaired) electrons. The first-order valence-electron chi connectivity index (χ1n) is 34.6. The van der Waals surface area contributed by atoms with Crippen LogP contribution in [0.2, 0.25) is 10.0 Å². The minimum absolute atomic E-state index is 0.848. The fourth-order valence-corrected chi connectivity index (χ4v) is 10.5. The van der Waals surface area contributed by atoms with Crippen LogP contribution in [0, 0.1) is 159 Å². The van der Waals surface area contributed by atoms with E-state index in [1.807, 2.05) is 45.0 Å². The predicted molar refractivity (Wildman–Crippen MR) is 444 cm³/mol. The van der Waals surface area contributed by atoms with Gasteiger partial charge in [0.15, 0.2) is 0 Å². The van der Waals surface area contributed by atoms with Gasteiger partial charge in [0.25, 0.3) is 0 Å². The largest absolute Gasteiger partial charge is 0.0841 e. The Bertz CT molecular complexity index is 4180. The molecule has 0 fully saturated rings. The molecule has 0 atom stereocenters. The van der Waals surface area contributed by atoms with Gasteiger partial charge in [0.05, 0.1) is 0 Å². The molecular formula is C97H112Cl2. The van der Waals surface area contributed by atoms with Crippen LogP contribution in [-0.4, -0.2) is 0 Å². The highest BCUT2D eigenvalue weighted by atomic mass is 35.5. The van der Waals surface area contributed by atoms with E-state index in [-0.39, 0.29) is 0 Å². The van der Waals surface area contributed by atoms with E-state index in [4.69, 9.17) is 23.2 Å². The molecule has 0 amide bonds. The molecule has 0 bridgehead atoms. The van der Waals surface area contributed by atoms with E-state index in [0.717, 1.165) is 21.2 Å². The van der Waals surface area contributed by atoms with E-state index < -0.39 is 0 Å². The van der Waals surface area contributed by atoms with Crippen molar-refractivity contribution in [2.24, 2.45) is 0 Å². The van der Waals surface area contributed by atoms with Crippen LogP contribution in [0.3, 0.4) is 0 Å². The third-order valence-corrected chi connectivity index (χ3v) is 18.0. The van der Waals surface area contributed by atoms with Gasteiger partial charge in [0.2, 0.25) is 0 Å². The lowest BCUT2D eigenvalue weighted by atomic mass is 10.0. The first kappa shape index (κ1) is 82.4. The van der Waals surface area contributed by atoms with Crippen molar-refractivity contribution in [3.63, 3.8) is 0 Å². The molecule has 0 aliphatic carbocycles. The zero-order chi connectivity index (χ0) is 73.3. The monoisotopic (exact) mass is 1350 g/mol. The van der Waals surface area contributed by atoms with E-state index in [9.17, 15) is 0 Å². The van der Waals surface area contributed by atoms with Crippen molar-refractivity contribution in [2.45, 2.75) is 159 Å². The van der Waals surface area contributed by atoms with Gasteiger partial charge in [0.1, 0.15) is 0 Å². The number of hydrogen-bond donors (Lipinski definition) is 0. The van der Waals surface area contributed by atoms with Crippen molar-refractivity contribution in [1.82, 2.24) is 0 Å². The zero-order valence-corrected chi connectivity index (χ0v) is 65.6. The Morgan fingerprint density at radius 3 is 0.747 bits per heavy atom. The lowest BCUT2D eigenvalue weighted by molar-refractivity contribution is 1.27. The van der Waals surface area contributed by atoms with Crippen molar-refractivity contribution in [3.05, 3.63) is 399 Å². The van der Waals surface area contributed by atoms with Gasteiger partial charge >= 0.3 is 0 Å². The number of rotatable bonds is 1. The number of halogens is 2. The lowest BCUT2D eigenvalue weighted by Gasteiger charge is -2.03. The molecule has 99 heavy (non-hydrogen) atoms. The van der Waals surface area contributed by atoms with Crippen molar-refractivity contribution < 1.29 is 0 Å². The van der Waals surface area contributed by atoms with Crippen molar-refractivity contribution >= 4 is 44.7 Å². The molecule has 0 unspecified atom stereocenters. The van der Waals surface area contributed by atoms with E-state index in [1.165, 1.54) is 150 Å². The van der Waals surface area contributed by atoms with Crippen LogP contribution in [0.25, 0.3) is 32.7 Å². The summed E-state index contributed by atoms with van der Waals surface area (Å²) in [5.74, 6) is 0. The van der Waals surface area contributed by atoms with Crippen LogP contribution < -0.4 is 0 Å². The first-order valence-corrected chi connectivity index (χ1v) is 35.3. The summed E-state index contributed by atoms with van der Waals surface area (Å²) in [5, 5.41) is 7.12. The second-order valence-electron chi connectivity index (χ2n) is 26.8. The summed E-state index contributed by atoms with van der Waals surface area (Å²) < 4.78 is 0. The third-order valence-electron chi connectivity index (χ3n) is 17.2. The van der Waals surface area contributed by atoms with E-state index >= 15 is 0 Å². The molecule has 0 nitrogen and oxygen atoms in total. The molecule has 0 N–H and O–H groups in total. The minimum atomic E-state index is 0.848. The van der Waals surface area contributed by atoms with Crippen LogP contribution in [0.5, 0.6) is 0 Å². The average molecular weight is 1350 g/mol. The van der Waals surface area contributed by atoms with E-state index in [2.05, 4.69) is 375 Å². The summed E-state index contributed by atoms with van der Waals surface area (Å²) in [6.07, 6.45) is 0. The van der Waals surface area contributed by atoms with Gasteiger partial charge in [-0.1, -0.05) is 333 Å². The Morgan fingerprint density at radius 2 is 0.444 bits per heavy atom. The fourth-order valence-electron chi connectivity index (χ4n) is 10.2. The number of hydrogen-bond acceptors (Lipinski definition) is 0. The summed E-state index contributed by atoms with van der Waals surface area (Å²) in [5.41, 5.74) is 33.0. The smallest absolute Gasteiger partial charge is 0.0437 e. The summed E-state index contributed by atoms with van der Waals surface area (Å²) in [6, 6.07) is 91.6. The standard InChI is InChI=1S/C14H14.2C12H12.3C9H12.2C8H9Cl.2C8H10/c1-11-3-7-13(8-4-11)14-9-5-12(2)6-10-14;1-9-3-5-12-8-10(2)4-6-11(12)7-9;1-9-7-8-10(2)12-6-4-3-5-11(9)12;2*1-7-4-5-8(2)9(3)6-7;1-7-5-4-6-8(2)9(7)3;1-6-3-4-8(9)7(2)5-6;1-6-3-4-7(2)8(9)5-6;1-7-3-5-8(2)6-4-7;1-7-4-3-5-8(2)6-7/h3-10H,1-2H3;2*3-8H,1-2H3;3*4-6H,1-3H3;2*3-5H,1-2H3;2*3-6H,1-2H3. The van der Waals surface area contributed by atoms with Crippen LogP contribution in [-0.2, 0) is 0 Å². The van der Waals surface area contributed by atoms with E-state index in [1.54, 1.807) is 0 Å². The van der Waals surface area contributed by atoms with Gasteiger partial charge in [-0.05, 0) is 271 Å². The SMILES string of the molecule is Cc1ccc(-c2ccc(C)cc2)cc1.Cc1ccc(C)c(C)c1.Cc1ccc(C)c(C)c1.Cc1ccc(C)c(Cl)c1.Cc1ccc(C)c2ccccc12.Cc1ccc(C)cc1.Cc1ccc(Cl)c(C)c1.Cc1ccc2cc(C)ccc2c1.Cc1cccc(C)c1.Cc1cccc(C)c1C. The molecule has 0 aromatic heterocycles. The quantitative estimate of drug-likeness (QED) is 0.154. The lowest BCUT2D eigenvalue weighted by Crippen LogP contribution is -1.82. The first-order chi connectivity index (χ1) is 46.9. The highest BCUT2D eigenvalue weighted by Crippen LogP contribution is 2.23. The second-order valence-corrected chi connectivity index (χ2v) is 27.7. The maximum Gasteiger partial charge on any atom is 0.0437 e. The molecule has 0 saturated carbocycles. The maximum absolute atomic E-state index is 5.81. The number of fused-ring (bicyclic) bond motifs is 2. The molecule has 13 rings (SSSR count). The number of aryl methyl sites for hydroxylation is 22. The van der Waals surface area contributed by atoms with Gasteiger partial charge in [-0.15, -0.1) is 0 Å². The Hall–Kier alpha value is -9.04. The van der Waals surface area contributed by atoms with Crippen molar-refractivity contribution in [1.29, 1.82) is 0 Å². The zero-order valence-electron chi connectivity index (χ0n) is 64.1. The number of benzene rings is 13. The summed E-state index contributed by atoms with van der Waals surface area (Å²) in [4.78, 5) is 0. The molecule has 0 heterocycles. The Morgan fingerprint density at radius 1 is 0.162 bits per heavy atom. The highest BCUT2D eigenvalue weighted by Gasteiger charge is 2.00. The highest BCUT2D eigenvalue weighted by molar-refractivity contribution is 6.31. The minimum Gasteiger partial charge on any atom is -0.0841 e. The molecule has 13 aromatic carbocycles. The average Bonchev–Trinajstić information content (AvgIpc) is 0.837. The molecule has 0 saturated heterocycles.